The third-order valence-electron chi connectivity index (χ3n) is 4.97. The standard InChI is InChI=1S/C17H21F2NO2/c18-13-5-3-6-14(19)16(13)11-8-12(11)17(22)20-15-7-2-1-4-10(15)9-21/h3,5-6,10-12,15,21H,1-2,4,7-9H2,(H,20,22)/t10-,11-,12+,15-/m1/s1. The van der Waals surface area contributed by atoms with E-state index in [1.807, 2.05) is 0 Å². The SMILES string of the molecule is O=C(N[C@@H]1CCCC[C@@H]1CO)[C@H]1C[C@H]1c1c(F)cccc1F. The Balaban J connectivity index is 1.63. The number of amides is 1. The molecule has 0 heterocycles. The minimum atomic E-state index is -0.578. The summed E-state index contributed by atoms with van der Waals surface area (Å²) in [5, 5.41) is 12.4. The van der Waals surface area contributed by atoms with E-state index >= 15 is 0 Å². The molecular weight excluding hydrogens is 288 g/mol. The highest BCUT2D eigenvalue weighted by Crippen LogP contribution is 2.49. The predicted octanol–water partition coefficient (Wildman–Crippen LogP) is 2.74. The number of carbonyl (C=O) groups excluding carboxylic acids is 1. The van der Waals surface area contributed by atoms with E-state index in [2.05, 4.69) is 5.32 Å². The number of aliphatic hydroxyl groups is 1. The van der Waals surface area contributed by atoms with Gasteiger partial charge in [-0.15, -0.1) is 0 Å². The van der Waals surface area contributed by atoms with Gasteiger partial charge in [0.05, 0.1) is 0 Å². The number of aliphatic hydroxyl groups excluding tert-OH is 1. The van der Waals surface area contributed by atoms with Crippen LogP contribution in [0.1, 0.15) is 43.6 Å². The Morgan fingerprint density at radius 2 is 1.91 bits per heavy atom. The number of carbonyl (C=O) groups is 1. The van der Waals surface area contributed by atoms with Gasteiger partial charge in [-0.05, 0) is 31.4 Å². The molecule has 1 amide bonds. The van der Waals surface area contributed by atoms with Crippen LogP contribution in [0.15, 0.2) is 18.2 Å². The first-order valence-electron chi connectivity index (χ1n) is 7.97. The van der Waals surface area contributed by atoms with E-state index < -0.39 is 11.6 Å². The summed E-state index contributed by atoms with van der Waals surface area (Å²) in [7, 11) is 0. The van der Waals surface area contributed by atoms with Crippen molar-refractivity contribution in [2.24, 2.45) is 11.8 Å². The molecule has 3 nitrogen and oxygen atoms in total. The zero-order chi connectivity index (χ0) is 15.7. The third kappa shape index (κ3) is 3.00. The predicted molar refractivity (Wildman–Crippen MR) is 78.2 cm³/mol. The van der Waals surface area contributed by atoms with Gasteiger partial charge in [0.25, 0.3) is 0 Å². The van der Waals surface area contributed by atoms with Gasteiger partial charge in [0, 0.05) is 36.0 Å². The molecule has 0 radical (unpaired) electrons. The molecule has 0 unspecified atom stereocenters. The van der Waals surface area contributed by atoms with E-state index in [1.54, 1.807) is 0 Å². The molecule has 2 aliphatic rings. The number of halogens is 2. The molecule has 2 N–H and O–H groups in total. The fraction of sp³-hybridized carbons (Fsp3) is 0.588. The maximum absolute atomic E-state index is 13.7. The summed E-state index contributed by atoms with van der Waals surface area (Å²) in [6, 6.07) is 3.78. The minimum Gasteiger partial charge on any atom is -0.396 e. The van der Waals surface area contributed by atoms with Crippen LogP contribution in [-0.2, 0) is 4.79 Å². The molecule has 2 fully saturated rings. The van der Waals surface area contributed by atoms with Crippen molar-refractivity contribution in [1.82, 2.24) is 5.32 Å². The summed E-state index contributed by atoms with van der Waals surface area (Å²) >= 11 is 0. The molecule has 1 aromatic rings. The number of benzene rings is 1. The Kier molecular flexibility index (Phi) is 4.43. The van der Waals surface area contributed by atoms with Gasteiger partial charge in [-0.1, -0.05) is 18.9 Å². The summed E-state index contributed by atoms with van der Waals surface area (Å²) in [5.74, 6) is -1.92. The van der Waals surface area contributed by atoms with Crippen LogP contribution in [0, 0.1) is 23.5 Å². The van der Waals surface area contributed by atoms with Gasteiger partial charge in [0.2, 0.25) is 5.91 Å². The number of hydrogen-bond donors (Lipinski definition) is 2. The highest BCUT2D eigenvalue weighted by atomic mass is 19.1. The Hall–Kier alpha value is -1.49. The monoisotopic (exact) mass is 309 g/mol. The van der Waals surface area contributed by atoms with Gasteiger partial charge in [-0.2, -0.15) is 0 Å². The number of hydrogen-bond acceptors (Lipinski definition) is 2. The normalized spacial score (nSPS) is 30.9. The molecule has 0 saturated heterocycles. The first-order chi connectivity index (χ1) is 10.6. The van der Waals surface area contributed by atoms with Crippen molar-refractivity contribution < 1.29 is 18.7 Å². The van der Waals surface area contributed by atoms with Crippen molar-refractivity contribution >= 4 is 5.91 Å². The molecule has 0 bridgehead atoms. The van der Waals surface area contributed by atoms with Crippen LogP contribution in [-0.4, -0.2) is 23.7 Å². The van der Waals surface area contributed by atoms with Gasteiger partial charge in [0.15, 0.2) is 0 Å². The van der Waals surface area contributed by atoms with Crippen molar-refractivity contribution in [3.63, 3.8) is 0 Å². The van der Waals surface area contributed by atoms with Crippen LogP contribution in [0.25, 0.3) is 0 Å². The van der Waals surface area contributed by atoms with E-state index in [0.29, 0.717) is 6.42 Å². The maximum Gasteiger partial charge on any atom is 0.223 e. The van der Waals surface area contributed by atoms with Crippen molar-refractivity contribution in [2.75, 3.05) is 6.61 Å². The van der Waals surface area contributed by atoms with Crippen LogP contribution in [0.3, 0.4) is 0 Å². The van der Waals surface area contributed by atoms with Gasteiger partial charge in [0.1, 0.15) is 11.6 Å². The Labute approximate surface area is 128 Å². The highest BCUT2D eigenvalue weighted by Gasteiger charge is 2.47. The smallest absolute Gasteiger partial charge is 0.223 e. The molecule has 22 heavy (non-hydrogen) atoms. The van der Waals surface area contributed by atoms with Crippen LogP contribution < -0.4 is 5.32 Å². The molecule has 2 saturated carbocycles. The molecule has 2 aliphatic carbocycles. The van der Waals surface area contributed by atoms with Crippen LogP contribution in [0.5, 0.6) is 0 Å². The average molecular weight is 309 g/mol. The van der Waals surface area contributed by atoms with E-state index in [1.165, 1.54) is 18.2 Å². The second-order valence-electron chi connectivity index (χ2n) is 6.43. The van der Waals surface area contributed by atoms with Crippen molar-refractivity contribution in [1.29, 1.82) is 0 Å². The lowest BCUT2D eigenvalue weighted by Gasteiger charge is -2.31. The summed E-state index contributed by atoms with van der Waals surface area (Å²) < 4.78 is 27.5. The quantitative estimate of drug-likeness (QED) is 0.898. The highest BCUT2D eigenvalue weighted by molar-refractivity contribution is 5.83. The van der Waals surface area contributed by atoms with Gasteiger partial charge >= 0.3 is 0 Å². The Morgan fingerprint density at radius 1 is 1.23 bits per heavy atom. The summed E-state index contributed by atoms with van der Waals surface area (Å²) in [4.78, 5) is 12.3. The summed E-state index contributed by atoms with van der Waals surface area (Å²) in [6.07, 6.45) is 4.38. The van der Waals surface area contributed by atoms with Crippen LogP contribution in [0.2, 0.25) is 0 Å². The largest absolute Gasteiger partial charge is 0.396 e. The Bertz CT molecular complexity index is 543. The van der Waals surface area contributed by atoms with E-state index in [4.69, 9.17) is 0 Å². The van der Waals surface area contributed by atoms with E-state index in [-0.39, 0.29) is 41.9 Å². The fourth-order valence-corrected chi connectivity index (χ4v) is 3.57. The maximum atomic E-state index is 13.7. The molecule has 5 heteroatoms. The molecule has 0 spiro atoms. The first kappa shape index (κ1) is 15.4. The molecule has 1 aromatic carbocycles. The van der Waals surface area contributed by atoms with Crippen molar-refractivity contribution in [2.45, 2.75) is 44.1 Å². The lowest BCUT2D eigenvalue weighted by atomic mass is 9.85. The second kappa shape index (κ2) is 6.32. The number of nitrogens with one attached hydrogen (secondary N) is 1. The summed E-state index contributed by atoms with van der Waals surface area (Å²) in [6.45, 7) is 0.0704. The molecule has 0 aliphatic heterocycles. The molecule has 120 valence electrons. The van der Waals surface area contributed by atoms with Crippen molar-refractivity contribution in [3.8, 4) is 0 Å². The van der Waals surface area contributed by atoms with Crippen molar-refractivity contribution in [3.05, 3.63) is 35.4 Å². The summed E-state index contributed by atoms with van der Waals surface area (Å²) in [5.41, 5.74) is 0.0324. The molecule has 4 atom stereocenters. The van der Waals surface area contributed by atoms with Crippen LogP contribution in [0.4, 0.5) is 8.78 Å². The van der Waals surface area contributed by atoms with E-state index in [0.717, 1.165) is 25.7 Å². The second-order valence-corrected chi connectivity index (χ2v) is 6.43. The first-order valence-corrected chi connectivity index (χ1v) is 7.97. The van der Waals surface area contributed by atoms with Gasteiger partial charge in [-0.25, -0.2) is 8.78 Å². The zero-order valence-corrected chi connectivity index (χ0v) is 12.4. The van der Waals surface area contributed by atoms with Gasteiger partial charge in [-0.3, -0.25) is 4.79 Å². The third-order valence-corrected chi connectivity index (χ3v) is 4.97. The topological polar surface area (TPSA) is 49.3 Å². The lowest BCUT2D eigenvalue weighted by Crippen LogP contribution is -2.44. The minimum absolute atomic E-state index is 0.0158. The van der Waals surface area contributed by atoms with Gasteiger partial charge < -0.3 is 10.4 Å². The van der Waals surface area contributed by atoms with Crippen LogP contribution >= 0.6 is 0 Å². The fourth-order valence-electron chi connectivity index (χ4n) is 3.57. The number of rotatable bonds is 4. The lowest BCUT2D eigenvalue weighted by molar-refractivity contribution is -0.123. The van der Waals surface area contributed by atoms with E-state index in [9.17, 15) is 18.7 Å². The Morgan fingerprint density at radius 3 is 2.59 bits per heavy atom. The zero-order valence-electron chi connectivity index (χ0n) is 12.4. The average Bonchev–Trinajstić information content (AvgIpc) is 3.28. The molecule has 3 rings (SSSR count). The molecule has 0 aromatic heterocycles. The molecular formula is C17H21F2NO2.